The first kappa shape index (κ1) is 14.5. The maximum Gasteiger partial charge on any atom is 0.376 e. The van der Waals surface area contributed by atoms with Crippen LogP contribution in [0.25, 0.3) is 11.5 Å². The van der Waals surface area contributed by atoms with E-state index in [-0.39, 0.29) is 29.5 Å². The number of rotatable bonds is 4. The molecule has 0 amide bonds. The number of halogens is 2. The van der Waals surface area contributed by atoms with Crippen molar-refractivity contribution in [2.45, 2.75) is 6.61 Å². The van der Waals surface area contributed by atoms with E-state index in [4.69, 9.17) is 20.8 Å². The van der Waals surface area contributed by atoms with Crippen molar-refractivity contribution in [3.63, 3.8) is 0 Å². The lowest BCUT2D eigenvalue weighted by Gasteiger charge is -1.98. The van der Waals surface area contributed by atoms with Crippen LogP contribution in [0.2, 0.25) is 5.02 Å². The van der Waals surface area contributed by atoms with Crippen LogP contribution >= 0.6 is 11.6 Å². The van der Waals surface area contributed by atoms with Gasteiger partial charge in [-0.1, -0.05) is 11.6 Å². The summed E-state index contributed by atoms with van der Waals surface area (Å²) in [6.45, 7) is 0.0378. The predicted octanol–water partition coefficient (Wildman–Crippen LogP) is 3.07. The second-order valence-corrected chi connectivity index (χ2v) is 4.28. The van der Waals surface area contributed by atoms with Crippen LogP contribution in [0.4, 0.5) is 4.39 Å². The Bertz CT molecular complexity index is 641. The van der Waals surface area contributed by atoms with Crippen molar-refractivity contribution in [3.05, 3.63) is 40.5 Å². The number of aromatic nitrogens is 1. The van der Waals surface area contributed by atoms with Crippen LogP contribution in [-0.2, 0) is 16.1 Å². The third kappa shape index (κ3) is 2.81. The van der Waals surface area contributed by atoms with Gasteiger partial charge in [0.2, 0.25) is 11.7 Å². The molecule has 0 aliphatic heterocycles. The molecule has 0 saturated heterocycles. The fraction of sp³-hybridized carbons (Fsp3) is 0.231. The molecular formula is C13H11ClFNO4. The molecule has 0 fully saturated rings. The number of carbonyl (C=O) groups is 1. The Hall–Kier alpha value is -1.92. The SMILES string of the molecule is COCc1nc(-c2cc(Cl)ccc2F)oc1C(=O)OC. The highest BCUT2D eigenvalue weighted by molar-refractivity contribution is 6.30. The number of methoxy groups -OCH3 is 2. The molecule has 0 spiro atoms. The molecule has 106 valence electrons. The topological polar surface area (TPSA) is 61.6 Å². The Morgan fingerprint density at radius 3 is 2.85 bits per heavy atom. The van der Waals surface area contributed by atoms with E-state index in [1.54, 1.807) is 0 Å². The molecule has 20 heavy (non-hydrogen) atoms. The van der Waals surface area contributed by atoms with Crippen LogP contribution in [0.1, 0.15) is 16.2 Å². The summed E-state index contributed by atoms with van der Waals surface area (Å²) in [4.78, 5) is 15.6. The average Bonchev–Trinajstić information content (AvgIpc) is 2.85. The molecule has 0 aliphatic rings. The Morgan fingerprint density at radius 1 is 1.45 bits per heavy atom. The van der Waals surface area contributed by atoms with E-state index in [0.717, 1.165) is 0 Å². The van der Waals surface area contributed by atoms with Gasteiger partial charge in [-0.2, -0.15) is 0 Å². The van der Waals surface area contributed by atoms with Crippen molar-refractivity contribution in [2.75, 3.05) is 14.2 Å². The molecule has 0 radical (unpaired) electrons. The summed E-state index contributed by atoms with van der Waals surface area (Å²) in [6, 6.07) is 3.96. The van der Waals surface area contributed by atoms with E-state index >= 15 is 0 Å². The summed E-state index contributed by atoms with van der Waals surface area (Å²) in [5.41, 5.74) is 0.290. The second-order valence-electron chi connectivity index (χ2n) is 3.84. The zero-order valence-corrected chi connectivity index (χ0v) is 11.5. The van der Waals surface area contributed by atoms with Crippen molar-refractivity contribution in [1.29, 1.82) is 0 Å². The number of hydrogen-bond donors (Lipinski definition) is 0. The van der Waals surface area contributed by atoms with Crippen LogP contribution in [0.15, 0.2) is 22.6 Å². The van der Waals surface area contributed by atoms with Crippen LogP contribution in [0, 0.1) is 5.82 Å². The molecule has 0 bridgehead atoms. The van der Waals surface area contributed by atoms with Gasteiger partial charge < -0.3 is 13.9 Å². The van der Waals surface area contributed by atoms with Crippen molar-refractivity contribution in [2.24, 2.45) is 0 Å². The highest BCUT2D eigenvalue weighted by atomic mass is 35.5. The molecular weight excluding hydrogens is 289 g/mol. The minimum atomic E-state index is -0.710. The molecule has 0 saturated carbocycles. The van der Waals surface area contributed by atoms with E-state index in [0.29, 0.717) is 5.02 Å². The predicted molar refractivity (Wildman–Crippen MR) is 69.0 cm³/mol. The van der Waals surface area contributed by atoms with Gasteiger partial charge in [-0.3, -0.25) is 0 Å². The quantitative estimate of drug-likeness (QED) is 0.812. The molecule has 5 nitrogen and oxygen atoms in total. The smallest absolute Gasteiger partial charge is 0.376 e. The number of esters is 1. The Kier molecular flexibility index (Phi) is 4.36. The number of benzene rings is 1. The standard InChI is InChI=1S/C13H11ClFNO4/c1-18-6-10-11(13(17)19-2)20-12(16-10)8-5-7(14)3-4-9(8)15/h3-5H,6H2,1-2H3. The maximum absolute atomic E-state index is 13.8. The van der Waals surface area contributed by atoms with Gasteiger partial charge in [0.25, 0.3) is 0 Å². The van der Waals surface area contributed by atoms with Crippen LogP contribution in [0.5, 0.6) is 0 Å². The van der Waals surface area contributed by atoms with E-state index < -0.39 is 11.8 Å². The van der Waals surface area contributed by atoms with Gasteiger partial charge in [0.05, 0.1) is 19.3 Å². The van der Waals surface area contributed by atoms with Crippen LogP contribution < -0.4 is 0 Å². The largest absolute Gasteiger partial charge is 0.463 e. The third-order valence-corrected chi connectivity index (χ3v) is 2.74. The zero-order valence-electron chi connectivity index (χ0n) is 10.8. The van der Waals surface area contributed by atoms with Crippen molar-refractivity contribution < 1.29 is 23.1 Å². The van der Waals surface area contributed by atoms with E-state index in [2.05, 4.69) is 9.72 Å². The summed E-state index contributed by atoms with van der Waals surface area (Å²) in [7, 11) is 2.65. The molecule has 7 heteroatoms. The molecule has 1 heterocycles. The lowest BCUT2D eigenvalue weighted by Crippen LogP contribution is -2.04. The first-order valence-electron chi connectivity index (χ1n) is 5.59. The van der Waals surface area contributed by atoms with Crippen molar-refractivity contribution >= 4 is 17.6 Å². The van der Waals surface area contributed by atoms with E-state index in [9.17, 15) is 9.18 Å². The number of nitrogens with zero attached hydrogens (tertiary/aromatic N) is 1. The molecule has 1 aromatic heterocycles. The monoisotopic (exact) mass is 299 g/mol. The summed E-state index contributed by atoms with van der Waals surface area (Å²) in [5, 5.41) is 0.326. The Balaban J connectivity index is 2.52. The molecule has 0 N–H and O–H groups in total. The average molecular weight is 300 g/mol. The number of ether oxygens (including phenoxy) is 2. The fourth-order valence-electron chi connectivity index (χ4n) is 1.62. The van der Waals surface area contributed by atoms with Crippen LogP contribution in [-0.4, -0.2) is 25.2 Å². The van der Waals surface area contributed by atoms with Gasteiger partial charge in [-0.15, -0.1) is 0 Å². The Morgan fingerprint density at radius 2 is 2.20 bits per heavy atom. The van der Waals surface area contributed by atoms with Gasteiger partial charge in [-0.05, 0) is 18.2 Å². The maximum atomic E-state index is 13.8. The molecule has 1 aromatic carbocycles. The highest BCUT2D eigenvalue weighted by Gasteiger charge is 2.23. The van der Waals surface area contributed by atoms with Gasteiger partial charge >= 0.3 is 5.97 Å². The summed E-state index contributed by atoms with van der Waals surface area (Å²) in [6.07, 6.45) is 0. The van der Waals surface area contributed by atoms with Crippen LogP contribution in [0.3, 0.4) is 0 Å². The van der Waals surface area contributed by atoms with Crippen molar-refractivity contribution in [3.8, 4) is 11.5 Å². The van der Waals surface area contributed by atoms with Gasteiger partial charge in [0.15, 0.2) is 0 Å². The zero-order chi connectivity index (χ0) is 14.7. The highest BCUT2D eigenvalue weighted by Crippen LogP contribution is 2.28. The normalized spacial score (nSPS) is 10.6. The summed E-state index contributed by atoms with van der Waals surface area (Å²) < 4.78 is 28.5. The first-order valence-corrected chi connectivity index (χ1v) is 5.97. The number of oxazole rings is 1. The van der Waals surface area contributed by atoms with Crippen molar-refractivity contribution in [1.82, 2.24) is 4.98 Å². The molecule has 2 aromatic rings. The van der Waals surface area contributed by atoms with Gasteiger partial charge in [0, 0.05) is 12.1 Å². The van der Waals surface area contributed by atoms with Gasteiger partial charge in [-0.25, -0.2) is 14.2 Å². The molecule has 0 atom stereocenters. The number of carbonyl (C=O) groups excluding carboxylic acids is 1. The fourth-order valence-corrected chi connectivity index (χ4v) is 1.79. The minimum absolute atomic E-state index is 0.0378. The lowest BCUT2D eigenvalue weighted by atomic mass is 10.2. The summed E-state index contributed by atoms with van der Waals surface area (Å²) in [5.74, 6) is -1.45. The number of hydrogen-bond acceptors (Lipinski definition) is 5. The minimum Gasteiger partial charge on any atom is -0.463 e. The first-order chi connectivity index (χ1) is 9.56. The molecule has 0 unspecified atom stereocenters. The van der Waals surface area contributed by atoms with E-state index in [1.165, 1.54) is 32.4 Å². The lowest BCUT2D eigenvalue weighted by molar-refractivity contribution is 0.0559. The van der Waals surface area contributed by atoms with E-state index in [1.807, 2.05) is 0 Å². The van der Waals surface area contributed by atoms with Gasteiger partial charge in [0.1, 0.15) is 11.5 Å². The molecule has 0 aliphatic carbocycles. The second kappa shape index (κ2) is 6.02. The summed E-state index contributed by atoms with van der Waals surface area (Å²) >= 11 is 5.81. The third-order valence-electron chi connectivity index (χ3n) is 2.51. The molecule has 2 rings (SSSR count). The Labute approximate surface area is 119 Å².